The van der Waals surface area contributed by atoms with Crippen LogP contribution in [0.3, 0.4) is 0 Å². The molecular weight excluding hydrogens is 384 g/mol. The molecule has 10 heteroatoms. The summed E-state index contributed by atoms with van der Waals surface area (Å²) in [6, 6.07) is -2.46. The average molecular weight is 419 g/mol. The van der Waals surface area contributed by atoms with Crippen LogP contribution in [-0.4, -0.2) is 65.5 Å². The van der Waals surface area contributed by atoms with E-state index in [1.165, 1.54) is 11.8 Å². The van der Waals surface area contributed by atoms with E-state index in [9.17, 15) is 19.2 Å². The van der Waals surface area contributed by atoms with E-state index in [1.54, 1.807) is 0 Å². The van der Waals surface area contributed by atoms with Gasteiger partial charge in [-0.15, -0.1) is 0 Å². The van der Waals surface area contributed by atoms with Crippen LogP contribution in [0.4, 0.5) is 0 Å². The second-order valence-corrected chi connectivity index (χ2v) is 8.40. The van der Waals surface area contributed by atoms with Gasteiger partial charge in [0.05, 0.1) is 6.04 Å². The molecular formula is C18H34N4O5S. The quantitative estimate of drug-likeness (QED) is 0.281. The van der Waals surface area contributed by atoms with Gasteiger partial charge >= 0.3 is 5.97 Å². The number of nitrogens with two attached hydrogens (primary N) is 1. The summed E-state index contributed by atoms with van der Waals surface area (Å²) in [4.78, 5) is 48.0. The van der Waals surface area contributed by atoms with Crippen molar-refractivity contribution in [1.29, 1.82) is 0 Å². The maximum Gasteiger partial charge on any atom is 0.322 e. The van der Waals surface area contributed by atoms with Crippen molar-refractivity contribution in [2.75, 3.05) is 18.6 Å². The van der Waals surface area contributed by atoms with Crippen molar-refractivity contribution in [3.05, 3.63) is 0 Å². The van der Waals surface area contributed by atoms with E-state index in [0.29, 0.717) is 18.6 Å². The van der Waals surface area contributed by atoms with Crippen molar-refractivity contribution >= 4 is 35.5 Å². The molecule has 6 N–H and O–H groups in total. The SMILES string of the molecule is CSCCC(NC(=O)C(CC(C)C)NC(=O)C(N)C(C)C)C(=O)NCC(=O)O. The number of rotatable bonds is 13. The summed E-state index contributed by atoms with van der Waals surface area (Å²) in [5.74, 6) is -2.02. The third kappa shape index (κ3) is 10.5. The maximum absolute atomic E-state index is 12.8. The molecule has 0 heterocycles. The Bertz CT molecular complexity index is 542. The lowest BCUT2D eigenvalue weighted by Crippen LogP contribution is -2.57. The Morgan fingerprint density at radius 2 is 1.54 bits per heavy atom. The lowest BCUT2D eigenvalue weighted by molar-refractivity contribution is -0.138. The van der Waals surface area contributed by atoms with E-state index in [0.717, 1.165) is 0 Å². The van der Waals surface area contributed by atoms with Crippen LogP contribution in [0.2, 0.25) is 0 Å². The normalized spacial score (nSPS) is 14.3. The van der Waals surface area contributed by atoms with Crippen LogP contribution >= 0.6 is 11.8 Å². The molecule has 0 aliphatic heterocycles. The third-order valence-corrected chi connectivity index (χ3v) is 4.66. The van der Waals surface area contributed by atoms with Crippen molar-refractivity contribution in [2.45, 2.75) is 58.7 Å². The molecule has 0 radical (unpaired) electrons. The van der Waals surface area contributed by atoms with Gasteiger partial charge in [-0.3, -0.25) is 19.2 Å². The fraction of sp³-hybridized carbons (Fsp3) is 0.778. The van der Waals surface area contributed by atoms with E-state index in [1.807, 2.05) is 34.0 Å². The van der Waals surface area contributed by atoms with Crippen LogP contribution in [0.1, 0.15) is 40.5 Å². The molecule has 28 heavy (non-hydrogen) atoms. The van der Waals surface area contributed by atoms with Gasteiger partial charge in [-0.25, -0.2) is 0 Å². The van der Waals surface area contributed by atoms with Crippen LogP contribution in [0.15, 0.2) is 0 Å². The van der Waals surface area contributed by atoms with Crippen LogP contribution in [0, 0.1) is 11.8 Å². The van der Waals surface area contributed by atoms with Gasteiger partial charge in [0.1, 0.15) is 18.6 Å². The second kappa shape index (κ2) is 13.4. The summed E-state index contributed by atoms with van der Waals surface area (Å²) in [6.07, 6.45) is 2.59. The fourth-order valence-electron chi connectivity index (χ4n) is 2.34. The summed E-state index contributed by atoms with van der Waals surface area (Å²) >= 11 is 1.50. The maximum atomic E-state index is 12.8. The molecule has 0 aromatic heterocycles. The molecule has 0 aromatic rings. The van der Waals surface area contributed by atoms with Crippen LogP contribution in [-0.2, 0) is 19.2 Å². The number of thioether (sulfide) groups is 1. The smallest absolute Gasteiger partial charge is 0.322 e. The van der Waals surface area contributed by atoms with E-state index in [-0.39, 0.29) is 11.8 Å². The summed E-state index contributed by atoms with van der Waals surface area (Å²) in [7, 11) is 0. The van der Waals surface area contributed by atoms with E-state index in [2.05, 4.69) is 16.0 Å². The Balaban J connectivity index is 5.19. The van der Waals surface area contributed by atoms with Gasteiger partial charge in [0.15, 0.2) is 0 Å². The predicted octanol–water partition coefficient (Wildman–Crippen LogP) is -0.0607. The van der Waals surface area contributed by atoms with Gasteiger partial charge in [0, 0.05) is 0 Å². The largest absolute Gasteiger partial charge is 0.480 e. The molecule has 3 atom stereocenters. The highest BCUT2D eigenvalue weighted by Crippen LogP contribution is 2.08. The Kier molecular flexibility index (Phi) is 12.5. The highest BCUT2D eigenvalue weighted by Gasteiger charge is 2.29. The van der Waals surface area contributed by atoms with Gasteiger partial charge in [-0.05, 0) is 36.7 Å². The molecule has 0 aliphatic carbocycles. The topological polar surface area (TPSA) is 151 Å². The molecule has 0 saturated carbocycles. The van der Waals surface area contributed by atoms with Gasteiger partial charge < -0.3 is 26.8 Å². The zero-order chi connectivity index (χ0) is 21.9. The lowest BCUT2D eigenvalue weighted by Gasteiger charge is -2.25. The average Bonchev–Trinajstić information content (AvgIpc) is 2.60. The van der Waals surface area contributed by atoms with E-state index < -0.39 is 48.4 Å². The first-order valence-electron chi connectivity index (χ1n) is 9.34. The number of carboxylic acids is 1. The molecule has 0 bridgehead atoms. The highest BCUT2D eigenvalue weighted by molar-refractivity contribution is 7.98. The molecule has 3 unspecified atom stereocenters. The zero-order valence-corrected chi connectivity index (χ0v) is 18.1. The third-order valence-electron chi connectivity index (χ3n) is 4.02. The first-order valence-corrected chi connectivity index (χ1v) is 10.7. The Morgan fingerprint density at radius 1 is 0.964 bits per heavy atom. The van der Waals surface area contributed by atoms with Crippen LogP contribution in [0.5, 0.6) is 0 Å². The monoisotopic (exact) mass is 418 g/mol. The molecule has 3 amide bonds. The fourth-order valence-corrected chi connectivity index (χ4v) is 2.81. The summed E-state index contributed by atoms with van der Waals surface area (Å²) in [5.41, 5.74) is 5.86. The lowest BCUT2D eigenvalue weighted by atomic mass is 10.00. The van der Waals surface area contributed by atoms with Crippen molar-refractivity contribution in [3.8, 4) is 0 Å². The van der Waals surface area contributed by atoms with Gasteiger partial charge in [0.2, 0.25) is 17.7 Å². The number of aliphatic carboxylic acids is 1. The van der Waals surface area contributed by atoms with Crippen molar-refractivity contribution < 1.29 is 24.3 Å². The molecule has 0 fully saturated rings. The number of carbonyl (C=O) groups excluding carboxylic acids is 3. The van der Waals surface area contributed by atoms with Gasteiger partial charge in [0.25, 0.3) is 0 Å². The first kappa shape index (κ1) is 26.2. The number of hydrogen-bond acceptors (Lipinski definition) is 6. The number of nitrogens with one attached hydrogen (secondary N) is 3. The Labute approximate surface area is 170 Å². The first-order chi connectivity index (χ1) is 13.0. The predicted molar refractivity (Wildman–Crippen MR) is 110 cm³/mol. The Hall–Kier alpha value is -1.81. The molecule has 0 rings (SSSR count). The van der Waals surface area contributed by atoms with Crippen molar-refractivity contribution in [3.63, 3.8) is 0 Å². The van der Waals surface area contributed by atoms with Crippen LogP contribution < -0.4 is 21.7 Å². The Morgan fingerprint density at radius 3 is 2.00 bits per heavy atom. The second-order valence-electron chi connectivity index (χ2n) is 7.41. The summed E-state index contributed by atoms with van der Waals surface area (Å²) < 4.78 is 0. The van der Waals surface area contributed by atoms with Crippen molar-refractivity contribution in [1.82, 2.24) is 16.0 Å². The van der Waals surface area contributed by atoms with E-state index in [4.69, 9.17) is 10.8 Å². The van der Waals surface area contributed by atoms with Crippen molar-refractivity contribution in [2.24, 2.45) is 17.6 Å². The number of amides is 3. The molecule has 0 spiro atoms. The number of hydrogen-bond donors (Lipinski definition) is 5. The molecule has 9 nitrogen and oxygen atoms in total. The zero-order valence-electron chi connectivity index (χ0n) is 17.3. The minimum atomic E-state index is -1.17. The van der Waals surface area contributed by atoms with E-state index >= 15 is 0 Å². The van der Waals surface area contributed by atoms with Gasteiger partial charge in [-0.2, -0.15) is 11.8 Å². The minimum Gasteiger partial charge on any atom is -0.480 e. The number of carbonyl (C=O) groups is 4. The van der Waals surface area contributed by atoms with Gasteiger partial charge in [-0.1, -0.05) is 27.7 Å². The molecule has 0 saturated heterocycles. The summed E-state index contributed by atoms with van der Waals surface area (Å²) in [5, 5.41) is 16.3. The highest BCUT2D eigenvalue weighted by atomic mass is 32.2. The number of carboxylic acid groups (broad SMARTS) is 1. The molecule has 0 aliphatic rings. The minimum absolute atomic E-state index is 0.0844. The van der Waals surface area contributed by atoms with Crippen LogP contribution in [0.25, 0.3) is 0 Å². The molecule has 0 aromatic carbocycles. The standard InChI is InChI=1S/C18H34N4O5S/c1-10(2)8-13(22-18(27)15(19)11(3)4)17(26)21-12(6-7-28-5)16(25)20-9-14(23)24/h10-13,15H,6-9,19H2,1-5H3,(H,20,25)(H,21,26)(H,22,27)(H,23,24). The summed E-state index contributed by atoms with van der Waals surface area (Å²) in [6.45, 7) is 6.93. The molecule has 162 valence electrons.